The highest BCUT2D eigenvalue weighted by Gasteiger charge is 2.32. The molecule has 0 unspecified atom stereocenters. The quantitative estimate of drug-likeness (QED) is 0.460. The number of H-pyrrole nitrogens is 1. The highest BCUT2D eigenvalue weighted by molar-refractivity contribution is 6.07. The van der Waals surface area contributed by atoms with Crippen LogP contribution in [0.15, 0.2) is 79.0 Å². The zero-order chi connectivity index (χ0) is 19.8. The largest absolute Gasteiger partial charge is 0.457 e. The Kier molecular flexibility index (Phi) is 4.02. The summed E-state index contributed by atoms with van der Waals surface area (Å²) in [6, 6.07) is 22.3. The number of fused-ring (bicyclic) bond motifs is 3. The topological polar surface area (TPSA) is 83.2 Å². The molecule has 3 N–H and O–H groups in total. The van der Waals surface area contributed by atoms with Crippen LogP contribution in [0.2, 0.25) is 0 Å². The van der Waals surface area contributed by atoms with Gasteiger partial charge in [-0.25, -0.2) is 0 Å². The summed E-state index contributed by atoms with van der Waals surface area (Å²) >= 11 is 0. The molecule has 0 radical (unpaired) electrons. The van der Waals surface area contributed by atoms with E-state index in [0.717, 1.165) is 22.0 Å². The van der Waals surface area contributed by atoms with Crippen molar-refractivity contribution in [2.45, 2.75) is 5.92 Å². The number of carbonyl (C=O) groups excluding carboxylic acids is 2. The molecular weight excluding hydrogens is 366 g/mol. The highest BCUT2D eigenvalue weighted by atomic mass is 16.5. The van der Waals surface area contributed by atoms with Crippen molar-refractivity contribution in [2.75, 3.05) is 0 Å². The first kappa shape index (κ1) is 17.1. The SMILES string of the molecule is O=C(NNC(=O)C1c2ccccc2Oc2ccccc21)c1c[nH]c2ccccc12. The number of hydrogen-bond donors (Lipinski definition) is 3. The van der Waals surface area contributed by atoms with Crippen LogP contribution in [0.3, 0.4) is 0 Å². The van der Waals surface area contributed by atoms with Crippen LogP contribution in [-0.2, 0) is 4.79 Å². The number of aromatic amines is 1. The monoisotopic (exact) mass is 383 g/mol. The van der Waals surface area contributed by atoms with Crippen molar-refractivity contribution in [3.05, 3.63) is 95.7 Å². The van der Waals surface area contributed by atoms with Crippen LogP contribution < -0.4 is 15.6 Å². The smallest absolute Gasteiger partial charge is 0.271 e. The fourth-order valence-electron chi connectivity index (χ4n) is 3.71. The lowest BCUT2D eigenvalue weighted by atomic mass is 9.87. The van der Waals surface area contributed by atoms with E-state index in [-0.39, 0.29) is 11.8 Å². The van der Waals surface area contributed by atoms with E-state index < -0.39 is 5.92 Å². The Labute approximate surface area is 166 Å². The molecule has 2 heterocycles. The molecule has 0 saturated carbocycles. The van der Waals surface area contributed by atoms with Crippen LogP contribution in [0.25, 0.3) is 10.9 Å². The number of rotatable bonds is 2. The van der Waals surface area contributed by atoms with E-state index in [4.69, 9.17) is 4.74 Å². The van der Waals surface area contributed by atoms with Gasteiger partial charge in [-0.1, -0.05) is 54.6 Å². The molecule has 4 aromatic rings. The first-order valence-corrected chi connectivity index (χ1v) is 9.24. The Morgan fingerprint density at radius 2 is 1.41 bits per heavy atom. The summed E-state index contributed by atoms with van der Waals surface area (Å²) in [7, 11) is 0. The molecule has 6 nitrogen and oxygen atoms in total. The van der Waals surface area contributed by atoms with Crippen LogP contribution in [-0.4, -0.2) is 16.8 Å². The van der Waals surface area contributed by atoms with Crippen molar-refractivity contribution in [3.8, 4) is 11.5 Å². The minimum absolute atomic E-state index is 0.332. The van der Waals surface area contributed by atoms with E-state index >= 15 is 0 Å². The van der Waals surface area contributed by atoms with Crippen LogP contribution in [0.4, 0.5) is 0 Å². The first-order chi connectivity index (χ1) is 14.2. The Morgan fingerprint density at radius 1 is 0.793 bits per heavy atom. The summed E-state index contributed by atoms with van der Waals surface area (Å²) in [5.74, 6) is -0.0335. The van der Waals surface area contributed by atoms with Gasteiger partial charge in [0, 0.05) is 28.2 Å². The molecule has 0 spiro atoms. The van der Waals surface area contributed by atoms with Crippen molar-refractivity contribution in [2.24, 2.45) is 0 Å². The van der Waals surface area contributed by atoms with Crippen molar-refractivity contribution in [1.29, 1.82) is 0 Å². The Bertz CT molecular complexity index is 1200. The number of para-hydroxylation sites is 3. The first-order valence-electron chi connectivity index (χ1n) is 9.24. The molecule has 0 fully saturated rings. The van der Waals surface area contributed by atoms with Crippen molar-refractivity contribution in [3.63, 3.8) is 0 Å². The summed E-state index contributed by atoms with van der Waals surface area (Å²) in [5.41, 5.74) is 7.95. The normalized spacial score (nSPS) is 12.6. The fourth-order valence-corrected chi connectivity index (χ4v) is 3.71. The van der Waals surface area contributed by atoms with Gasteiger partial charge in [-0.3, -0.25) is 20.4 Å². The standard InChI is InChI=1S/C23H17N3O3/c27-22(17-13-24-18-10-4-1-7-14(17)18)25-26-23(28)21-15-8-2-5-11-19(15)29-20-12-6-3-9-16(20)21/h1-13,21,24H,(H,25,27)(H,26,28). The molecule has 2 amide bonds. The predicted molar refractivity (Wildman–Crippen MR) is 109 cm³/mol. The molecule has 0 bridgehead atoms. The van der Waals surface area contributed by atoms with E-state index in [1.165, 1.54) is 0 Å². The van der Waals surface area contributed by atoms with E-state index in [1.807, 2.05) is 72.8 Å². The predicted octanol–water partition coefficient (Wildman–Crippen LogP) is 3.87. The molecule has 1 aliphatic heterocycles. The van der Waals surface area contributed by atoms with Crippen LogP contribution in [0, 0.1) is 0 Å². The van der Waals surface area contributed by atoms with E-state index in [9.17, 15) is 9.59 Å². The van der Waals surface area contributed by atoms with Gasteiger partial charge in [0.05, 0.1) is 11.5 Å². The Balaban J connectivity index is 1.41. The van der Waals surface area contributed by atoms with Crippen LogP contribution in [0.5, 0.6) is 11.5 Å². The minimum atomic E-state index is -0.584. The molecule has 1 aromatic heterocycles. The number of carbonyl (C=O) groups is 2. The van der Waals surface area contributed by atoms with E-state index in [1.54, 1.807) is 6.20 Å². The third-order valence-corrected chi connectivity index (χ3v) is 5.08. The molecule has 142 valence electrons. The number of amides is 2. The van der Waals surface area contributed by atoms with Crippen molar-refractivity contribution in [1.82, 2.24) is 15.8 Å². The van der Waals surface area contributed by atoms with E-state index in [0.29, 0.717) is 17.1 Å². The second-order valence-corrected chi connectivity index (χ2v) is 6.80. The highest BCUT2D eigenvalue weighted by Crippen LogP contribution is 2.43. The molecule has 0 aliphatic carbocycles. The average Bonchev–Trinajstić information content (AvgIpc) is 3.20. The number of ether oxygens (including phenoxy) is 1. The maximum Gasteiger partial charge on any atom is 0.271 e. The third-order valence-electron chi connectivity index (χ3n) is 5.08. The maximum absolute atomic E-state index is 13.1. The number of nitrogens with one attached hydrogen (secondary N) is 3. The molecule has 3 aromatic carbocycles. The lowest BCUT2D eigenvalue weighted by molar-refractivity contribution is -0.122. The Hall–Kier alpha value is -4.06. The number of aromatic nitrogens is 1. The summed E-state index contributed by atoms with van der Waals surface area (Å²) in [5, 5.41) is 0.793. The number of benzene rings is 3. The van der Waals surface area contributed by atoms with Gasteiger partial charge in [-0.05, 0) is 18.2 Å². The summed E-state index contributed by atoms with van der Waals surface area (Å²) in [6.07, 6.45) is 1.63. The van der Waals surface area contributed by atoms with Gasteiger partial charge in [-0.15, -0.1) is 0 Å². The minimum Gasteiger partial charge on any atom is -0.457 e. The zero-order valence-corrected chi connectivity index (χ0v) is 15.3. The van der Waals surface area contributed by atoms with Crippen molar-refractivity contribution < 1.29 is 14.3 Å². The zero-order valence-electron chi connectivity index (χ0n) is 15.3. The van der Waals surface area contributed by atoms with Gasteiger partial charge in [0.2, 0.25) is 0 Å². The van der Waals surface area contributed by atoms with Gasteiger partial charge in [0.1, 0.15) is 11.5 Å². The Morgan fingerprint density at radius 3 is 2.14 bits per heavy atom. The molecule has 1 aliphatic rings. The lowest BCUT2D eigenvalue weighted by Crippen LogP contribution is -2.44. The third kappa shape index (κ3) is 2.91. The van der Waals surface area contributed by atoms with Gasteiger partial charge < -0.3 is 9.72 Å². The molecule has 6 heteroatoms. The number of hydrogen-bond acceptors (Lipinski definition) is 3. The van der Waals surface area contributed by atoms with Gasteiger partial charge >= 0.3 is 0 Å². The lowest BCUT2D eigenvalue weighted by Gasteiger charge is -2.27. The molecule has 0 atom stereocenters. The molecule has 0 saturated heterocycles. The fraction of sp³-hybridized carbons (Fsp3) is 0.0435. The molecule has 5 rings (SSSR count). The molecule has 29 heavy (non-hydrogen) atoms. The summed E-state index contributed by atoms with van der Waals surface area (Å²) in [4.78, 5) is 28.8. The van der Waals surface area contributed by atoms with Crippen LogP contribution in [0.1, 0.15) is 27.4 Å². The van der Waals surface area contributed by atoms with Gasteiger partial charge in [-0.2, -0.15) is 0 Å². The van der Waals surface area contributed by atoms with Crippen molar-refractivity contribution >= 4 is 22.7 Å². The summed E-state index contributed by atoms with van der Waals surface area (Å²) < 4.78 is 5.92. The van der Waals surface area contributed by atoms with Crippen LogP contribution >= 0.6 is 0 Å². The van der Waals surface area contributed by atoms with E-state index in [2.05, 4.69) is 15.8 Å². The van der Waals surface area contributed by atoms with Gasteiger partial charge in [0.25, 0.3) is 11.8 Å². The summed E-state index contributed by atoms with van der Waals surface area (Å²) in [6.45, 7) is 0. The maximum atomic E-state index is 13.1. The number of hydrazine groups is 1. The second-order valence-electron chi connectivity index (χ2n) is 6.80. The average molecular weight is 383 g/mol. The molecular formula is C23H17N3O3. The van der Waals surface area contributed by atoms with Gasteiger partial charge in [0.15, 0.2) is 0 Å². The second kappa shape index (κ2) is 6.83.